The number of anilines is 2. The summed E-state index contributed by atoms with van der Waals surface area (Å²) < 4.78 is 0. The summed E-state index contributed by atoms with van der Waals surface area (Å²) in [5.41, 5.74) is 4.99. The van der Waals surface area contributed by atoms with Crippen LogP contribution in [0.1, 0.15) is 0 Å². The Kier molecular flexibility index (Phi) is 4.18. The number of carbonyl (C=O) groups is 1. The number of nitrogens with zero attached hydrogens (tertiary/aromatic N) is 2. The molecule has 0 bridgehead atoms. The van der Waals surface area contributed by atoms with Crippen LogP contribution in [0.3, 0.4) is 0 Å². The molecule has 0 fully saturated rings. The number of benzene rings is 1. The molecule has 1 amide bonds. The monoisotopic (exact) mass is 308 g/mol. The third-order valence-corrected chi connectivity index (χ3v) is 2.80. The molecule has 0 radical (unpaired) electrons. The van der Waals surface area contributed by atoms with Gasteiger partial charge in [0, 0.05) is 25.2 Å². The van der Waals surface area contributed by atoms with Gasteiger partial charge in [-0.15, -0.1) is 0 Å². The Morgan fingerprint density at radius 1 is 1.23 bits per heavy atom. The number of carbonyl (C=O) groups excluding carboxylic acids is 1. The fraction of sp³-hybridized carbons (Fsp3) is 0.182. The summed E-state index contributed by atoms with van der Waals surface area (Å²) in [5.74, 6) is -1.07. The number of rotatable bonds is 5. The van der Waals surface area contributed by atoms with E-state index >= 15 is 0 Å². The van der Waals surface area contributed by atoms with Gasteiger partial charge in [0.05, 0.1) is 21.2 Å². The first kappa shape index (κ1) is 15.2. The Morgan fingerprint density at radius 2 is 1.91 bits per heavy atom. The van der Waals surface area contributed by atoms with E-state index in [4.69, 9.17) is 5.73 Å². The minimum absolute atomic E-state index is 0.0852. The molecule has 1 aliphatic rings. The highest BCUT2D eigenvalue weighted by molar-refractivity contribution is 5.95. The zero-order valence-electron chi connectivity index (χ0n) is 11.2. The van der Waals surface area contributed by atoms with Gasteiger partial charge in [0.2, 0.25) is 0 Å². The van der Waals surface area contributed by atoms with Crippen molar-refractivity contribution in [1.29, 1.82) is 0 Å². The van der Waals surface area contributed by atoms with E-state index in [9.17, 15) is 25.0 Å². The number of nitrogens with two attached hydrogens (primary N) is 1. The van der Waals surface area contributed by atoms with Crippen molar-refractivity contribution in [3.8, 4) is 0 Å². The van der Waals surface area contributed by atoms with E-state index in [0.717, 1.165) is 0 Å². The molecule has 5 N–H and O–H groups in total. The summed E-state index contributed by atoms with van der Waals surface area (Å²) in [7, 11) is 0. The van der Waals surface area contributed by atoms with Crippen molar-refractivity contribution in [3.63, 3.8) is 0 Å². The van der Waals surface area contributed by atoms with Crippen LogP contribution in [0.25, 0.3) is 0 Å². The number of fused-ring (bicyclic) bond motifs is 1. The van der Waals surface area contributed by atoms with Crippen molar-refractivity contribution < 1.29 is 14.6 Å². The van der Waals surface area contributed by atoms with Crippen molar-refractivity contribution >= 4 is 23.0 Å². The van der Waals surface area contributed by atoms with Gasteiger partial charge < -0.3 is 21.7 Å². The van der Waals surface area contributed by atoms with E-state index in [1.54, 1.807) is 0 Å². The maximum atomic E-state index is 11.8. The van der Waals surface area contributed by atoms with Crippen LogP contribution >= 0.6 is 0 Å². The third-order valence-electron chi connectivity index (χ3n) is 2.80. The number of nitrogens with one attached hydrogen (secondary N) is 3. The third kappa shape index (κ3) is 2.93. The van der Waals surface area contributed by atoms with E-state index in [-0.39, 0.29) is 30.3 Å². The Bertz CT molecular complexity index is 686. The van der Waals surface area contributed by atoms with E-state index in [1.165, 1.54) is 18.2 Å². The highest BCUT2D eigenvalue weighted by Gasteiger charge is 2.32. The number of hydrogen-bond donors (Lipinski definition) is 4. The zero-order chi connectivity index (χ0) is 16.3. The van der Waals surface area contributed by atoms with Gasteiger partial charge in [-0.2, -0.15) is 0 Å². The van der Waals surface area contributed by atoms with Crippen LogP contribution < -0.4 is 21.7 Å². The molecule has 2 rings (SSSR count). The molecule has 0 atom stereocenters. The SMILES string of the molecule is NCCNC(=O)C(=C1Nc2ccc([N+](=O)[O-])cc2N1)[N+](=O)[O-]. The standard InChI is InChI=1S/C11H12N6O5/c12-3-4-13-11(18)9(17(21)22)10-14-7-2-1-6(16(19)20)5-8(7)15-10/h1-2,5,14-15H,3-4,12H2,(H,13,18). The van der Waals surface area contributed by atoms with Gasteiger partial charge in [-0.1, -0.05) is 0 Å². The van der Waals surface area contributed by atoms with Crippen LogP contribution in [-0.4, -0.2) is 28.8 Å². The predicted octanol–water partition coefficient (Wildman–Crippen LogP) is -0.0471. The average molecular weight is 308 g/mol. The van der Waals surface area contributed by atoms with Gasteiger partial charge in [0.25, 0.3) is 5.69 Å². The summed E-state index contributed by atoms with van der Waals surface area (Å²) in [4.78, 5) is 32.2. The van der Waals surface area contributed by atoms with Gasteiger partial charge in [-0.25, -0.2) is 0 Å². The minimum atomic E-state index is -0.909. The van der Waals surface area contributed by atoms with E-state index in [0.29, 0.717) is 5.69 Å². The molecule has 11 heteroatoms. The lowest BCUT2D eigenvalue weighted by Gasteiger charge is -2.04. The molecule has 0 spiro atoms. The molecule has 1 aromatic rings. The summed E-state index contributed by atoms with van der Waals surface area (Å²) in [6.07, 6.45) is 0. The molecule has 0 saturated heterocycles. The van der Waals surface area contributed by atoms with Gasteiger partial charge in [0.15, 0.2) is 5.82 Å². The molecule has 22 heavy (non-hydrogen) atoms. The highest BCUT2D eigenvalue weighted by Crippen LogP contribution is 2.34. The molecule has 1 aromatic carbocycles. The molecular formula is C11H12N6O5. The topological polar surface area (TPSA) is 165 Å². The van der Waals surface area contributed by atoms with Crippen LogP contribution in [0.5, 0.6) is 0 Å². The van der Waals surface area contributed by atoms with Gasteiger partial charge >= 0.3 is 11.6 Å². The lowest BCUT2D eigenvalue weighted by atomic mass is 10.2. The first-order chi connectivity index (χ1) is 10.4. The highest BCUT2D eigenvalue weighted by atomic mass is 16.6. The predicted molar refractivity (Wildman–Crippen MR) is 76.4 cm³/mol. The largest absolute Gasteiger partial charge is 0.373 e. The van der Waals surface area contributed by atoms with Crippen LogP contribution in [0.15, 0.2) is 29.7 Å². The van der Waals surface area contributed by atoms with Gasteiger partial charge in [-0.3, -0.25) is 25.0 Å². The second-order valence-corrected chi connectivity index (χ2v) is 4.26. The zero-order valence-corrected chi connectivity index (χ0v) is 11.2. The maximum absolute atomic E-state index is 11.8. The summed E-state index contributed by atoms with van der Waals surface area (Å²) in [5, 5.41) is 29.3. The average Bonchev–Trinajstić information content (AvgIpc) is 2.86. The molecule has 1 heterocycles. The Morgan fingerprint density at radius 3 is 2.50 bits per heavy atom. The minimum Gasteiger partial charge on any atom is -0.345 e. The molecule has 1 aliphatic heterocycles. The second-order valence-electron chi connectivity index (χ2n) is 4.26. The van der Waals surface area contributed by atoms with Crippen LogP contribution in [0.2, 0.25) is 0 Å². The van der Waals surface area contributed by atoms with Crippen molar-refractivity contribution in [1.82, 2.24) is 5.32 Å². The van der Waals surface area contributed by atoms with Crippen molar-refractivity contribution in [3.05, 3.63) is 49.9 Å². The molecule has 0 saturated carbocycles. The van der Waals surface area contributed by atoms with Crippen molar-refractivity contribution in [2.45, 2.75) is 0 Å². The van der Waals surface area contributed by atoms with Crippen molar-refractivity contribution in [2.24, 2.45) is 5.73 Å². The Hall–Kier alpha value is -3.21. The van der Waals surface area contributed by atoms with Crippen LogP contribution in [0, 0.1) is 20.2 Å². The van der Waals surface area contributed by atoms with E-state index < -0.39 is 21.5 Å². The van der Waals surface area contributed by atoms with Crippen LogP contribution in [-0.2, 0) is 4.79 Å². The normalized spacial score (nSPS) is 14.4. The summed E-state index contributed by atoms with van der Waals surface area (Å²) in [6, 6.07) is 3.85. The molecule has 11 nitrogen and oxygen atoms in total. The first-order valence-electron chi connectivity index (χ1n) is 6.13. The number of non-ortho nitro benzene ring substituents is 1. The molecule has 0 aromatic heterocycles. The van der Waals surface area contributed by atoms with Gasteiger partial charge in [-0.05, 0) is 6.07 Å². The first-order valence-corrected chi connectivity index (χ1v) is 6.13. The lowest BCUT2D eigenvalue weighted by Crippen LogP contribution is -2.34. The fourth-order valence-electron chi connectivity index (χ4n) is 1.83. The lowest BCUT2D eigenvalue weighted by molar-refractivity contribution is -0.420. The smallest absolute Gasteiger partial charge is 0.345 e. The fourth-order valence-corrected chi connectivity index (χ4v) is 1.83. The van der Waals surface area contributed by atoms with E-state index in [1.807, 2.05) is 0 Å². The number of hydrogen-bond acceptors (Lipinski definition) is 8. The second kappa shape index (κ2) is 6.05. The summed E-state index contributed by atoms with van der Waals surface area (Å²) >= 11 is 0. The van der Waals surface area contributed by atoms with Crippen molar-refractivity contribution in [2.75, 3.05) is 23.7 Å². The Balaban J connectivity index is 2.33. The number of nitro benzene ring substituents is 1. The van der Waals surface area contributed by atoms with Gasteiger partial charge in [0.1, 0.15) is 0 Å². The van der Waals surface area contributed by atoms with E-state index in [2.05, 4.69) is 16.0 Å². The van der Waals surface area contributed by atoms with Crippen LogP contribution in [0.4, 0.5) is 17.1 Å². The molecule has 0 unspecified atom stereocenters. The quantitative estimate of drug-likeness (QED) is 0.334. The Labute approximate surface area is 123 Å². The molecular weight excluding hydrogens is 296 g/mol. The summed E-state index contributed by atoms with van der Waals surface area (Å²) in [6.45, 7) is 0.223. The molecule has 116 valence electrons. The maximum Gasteiger partial charge on any atom is 0.373 e. The number of amides is 1. The molecule has 0 aliphatic carbocycles. The number of nitro groups is 2.